The average molecular weight is 344 g/mol. The van der Waals surface area contributed by atoms with E-state index in [4.69, 9.17) is 18.9 Å². The van der Waals surface area contributed by atoms with Gasteiger partial charge in [-0.05, 0) is 26.7 Å². The Kier molecular flexibility index (Phi) is 10.9. The zero-order valence-corrected chi connectivity index (χ0v) is 14.4. The Hall–Kier alpha value is -2.38. The first-order valence-electron chi connectivity index (χ1n) is 7.81. The minimum Gasteiger partial charge on any atom is -0.463 e. The van der Waals surface area contributed by atoms with Crippen LogP contribution in [0, 0.1) is 0 Å². The Morgan fingerprint density at radius 2 is 1.04 bits per heavy atom. The number of ether oxygens (including phenoxy) is 4. The lowest BCUT2D eigenvalue weighted by Gasteiger charge is -2.14. The molecular formula is C16H24O8. The van der Waals surface area contributed by atoms with Crippen molar-refractivity contribution in [3.05, 3.63) is 12.2 Å². The van der Waals surface area contributed by atoms with Gasteiger partial charge in [-0.15, -0.1) is 0 Å². The molecule has 0 amide bonds. The molecule has 24 heavy (non-hydrogen) atoms. The summed E-state index contributed by atoms with van der Waals surface area (Å²) in [6.07, 6.45) is 0.0411. The van der Waals surface area contributed by atoms with E-state index in [0.29, 0.717) is 0 Å². The summed E-state index contributed by atoms with van der Waals surface area (Å²) in [7, 11) is 0. The van der Waals surface area contributed by atoms with Gasteiger partial charge in [-0.2, -0.15) is 0 Å². The number of esters is 4. The Labute approximate surface area is 141 Å². The summed E-state index contributed by atoms with van der Waals surface area (Å²) in [6, 6.07) is 0. The smallest absolute Gasteiger partial charge is 0.347 e. The number of hydrogen-bond acceptors (Lipinski definition) is 8. The summed E-state index contributed by atoms with van der Waals surface area (Å²) >= 11 is 0. The molecule has 0 aromatic rings. The van der Waals surface area contributed by atoms with Gasteiger partial charge in [-0.25, -0.2) is 19.2 Å². The molecule has 0 spiro atoms. The molecule has 0 saturated heterocycles. The second kappa shape index (κ2) is 12.1. The van der Waals surface area contributed by atoms with E-state index in [0.717, 1.165) is 12.2 Å². The summed E-state index contributed by atoms with van der Waals surface area (Å²) < 4.78 is 19.3. The van der Waals surface area contributed by atoms with E-state index in [1.807, 2.05) is 0 Å². The highest BCUT2D eigenvalue weighted by molar-refractivity contribution is 5.93. The number of rotatable bonds is 10. The minimum absolute atomic E-state index is 0.168. The minimum atomic E-state index is -1.04. The van der Waals surface area contributed by atoms with Crippen molar-refractivity contribution in [2.45, 2.75) is 52.7 Å². The molecule has 2 atom stereocenters. The molecule has 0 aromatic heterocycles. The third-order valence-corrected chi connectivity index (χ3v) is 2.71. The Bertz CT molecular complexity index is 427. The van der Waals surface area contributed by atoms with Crippen LogP contribution in [0.3, 0.4) is 0 Å². The van der Waals surface area contributed by atoms with Gasteiger partial charge < -0.3 is 18.9 Å². The lowest BCUT2D eigenvalue weighted by molar-refractivity contribution is -0.165. The maximum Gasteiger partial charge on any atom is 0.347 e. The maximum atomic E-state index is 11.6. The molecule has 0 N–H and O–H groups in total. The first kappa shape index (κ1) is 21.6. The second-order valence-electron chi connectivity index (χ2n) is 4.50. The van der Waals surface area contributed by atoms with Gasteiger partial charge in [0, 0.05) is 12.2 Å². The van der Waals surface area contributed by atoms with E-state index >= 15 is 0 Å². The van der Waals surface area contributed by atoms with Crippen LogP contribution in [0.15, 0.2) is 12.2 Å². The van der Waals surface area contributed by atoms with Crippen molar-refractivity contribution >= 4 is 23.9 Å². The molecule has 8 heteroatoms. The largest absolute Gasteiger partial charge is 0.463 e. The van der Waals surface area contributed by atoms with Gasteiger partial charge in [0.05, 0.1) is 13.2 Å². The topological polar surface area (TPSA) is 105 Å². The number of hydrogen-bond donors (Lipinski definition) is 0. The third kappa shape index (κ3) is 8.30. The second-order valence-corrected chi connectivity index (χ2v) is 4.50. The Morgan fingerprint density at radius 3 is 1.29 bits per heavy atom. The van der Waals surface area contributed by atoms with Gasteiger partial charge in [0.1, 0.15) is 0 Å². The molecule has 0 aliphatic heterocycles. The van der Waals surface area contributed by atoms with Crippen molar-refractivity contribution in [1.82, 2.24) is 0 Å². The predicted octanol–water partition coefficient (Wildman–Crippen LogP) is 1.31. The monoisotopic (exact) mass is 344 g/mol. The predicted molar refractivity (Wildman–Crippen MR) is 82.7 cm³/mol. The molecular weight excluding hydrogens is 320 g/mol. The molecule has 2 unspecified atom stereocenters. The zero-order valence-electron chi connectivity index (χ0n) is 14.4. The van der Waals surface area contributed by atoms with Crippen molar-refractivity contribution < 1.29 is 38.1 Å². The highest BCUT2D eigenvalue weighted by Crippen LogP contribution is 2.04. The normalized spacial score (nSPS) is 13.0. The van der Waals surface area contributed by atoms with Crippen LogP contribution in [0.4, 0.5) is 0 Å². The molecule has 0 heterocycles. The van der Waals surface area contributed by atoms with Crippen LogP contribution in [0.25, 0.3) is 0 Å². The molecule has 8 nitrogen and oxygen atoms in total. The van der Waals surface area contributed by atoms with Crippen LogP contribution in [-0.4, -0.2) is 49.3 Å². The van der Waals surface area contributed by atoms with Gasteiger partial charge in [0.15, 0.2) is 12.2 Å². The highest BCUT2D eigenvalue weighted by Gasteiger charge is 2.23. The van der Waals surface area contributed by atoms with E-state index in [1.165, 1.54) is 0 Å². The van der Waals surface area contributed by atoms with Crippen LogP contribution in [0.1, 0.15) is 40.5 Å². The molecule has 0 fully saturated rings. The number of carbonyl (C=O) groups is 4. The zero-order chi connectivity index (χ0) is 18.5. The van der Waals surface area contributed by atoms with Crippen molar-refractivity contribution in [3.8, 4) is 0 Å². The van der Waals surface area contributed by atoms with Crippen molar-refractivity contribution in [2.24, 2.45) is 0 Å². The Morgan fingerprint density at radius 1 is 0.708 bits per heavy atom. The molecule has 0 bridgehead atoms. The summed E-state index contributed by atoms with van der Waals surface area (Å²) in [4.78, 5) is 46.2. The quantitative estimate of drug-likeness (QED) is 0.332. The first-order chi connectivity index (χ1) is 11.4. The van der Waals surface area contributed by atoms with Crippen molar-refractivity contribution in [3.63, 3.8) is 0 Å². The van der Waals surface area contributed by atoms with Crippen molar-refractivity contribution in [1.29, 1.82) is 0 Å². The first-order valence-corrected chi connectivity index (χ1v) is 7.81. The van der Waals surface area contributed by atoms with Gasteiger partial charge in [0.2, 0.25) is 0 Å². The van der Waals surface area contributed by atoms with Crippen molar-refractivity contribution in [2.75, 3.05) is 13.2 Å². The highest BCUT2D eigenvalue weighted by atomic mass is 16.6. The van der Waals surface area contributed by atoms with E-state index in [2.05, 4.69) is 0 Å². The van der Waals surface area contributed by atoms with Gasteiger partial charge in [-0.1, -0.05) is 13.8 Å². The fourth-order valence-electron chi connectivity index (χ4n) is 1.56. The van der Waals surface area contributed by atoms with Gasteiger partial charge in [0.25, 0.3) is 0 Å². The molecule has 0 saturated carbocycles. The van der Waals surface area contributed by atoms with Gasteiger partial charge >= 0.3 is 23.9 Å². The van der Waals surface area contributed by atoms with Crippen LogP contribution < -0.4 is 0 Å². The van der Waals surface area contributed by atoms with E-state index < -0.39 is 36.1 Å². The van der Waals surface area contributed by atoms with Crippen LogP contribution in [-0.2, 0) is 38.1 Å². The lowest BCUT2D eigenvalue weighted by Crippen LogP contribution is -2.29. The third-order valence-electron chi connectivity index (χ3n) is 2.71. The Balaban J connectivity index is 4.54. The molecule has 0 aliphatic carbocycles. The molecule has 0 radical (unpaired) electrons. The maximum absolute atomic E-state index is 11.6. The fourth-order valence-corrected chi connectivity index (χ4v) is 1.56. The lowest BCUT2D eigenvalue weighted by atomic mass is 10.3. The molecule has 0 aliphatic rings. The summed E-state index contributed by atoms with van der Waals surface area (Å²) in [5.41, 5.74) is 0. The average Bonchev–Trinajstić information content (AvgIpc) is 2.55. The standard InChI is InChI=1S/C16H24O8/c1-5-11(15(19)21-7-3)23-13(17)9-10-14(18)24-12(6-2)16(20)22-8-4/h9-12H,5-8H2,1-4H3/b10-9+. The van der Waals surface area contributed by atoms with E-state index in [-0.39, 0.29) is 26.1 Å². The number of carbonyl (C=O) groups excluding carboxylic acids is 4. The molecule has 0 aromatic carbocycles. The fraction of sp³-hybridized carbons (Fsp3) is 0.625. The van der Waals surface area contributed by atoms with E-state index in [1.54, 1.807) is 27.7 Å². The molecule has 136 valence electrons. The summed E-state index contributed by atoms with van der Waals surface area (Å²) in [5, 5.41) is 0. The molecule has 0 rings (SSSR count). The van der Waals surface area contributed by atoms with Crippen LogP contribution >= 0.6 is 0 Å². The SMILES string of the molecule is CCOC(=O)C(CC)OC(=O)/C=C/C(=O)OC(CC)C(=O)OCC. The van der Waals surface area contributed by atoms with Crippen LogP contribution in [0.2, 0.25) is 0 Å². The van der Waals surface area contributed by atoms with E-state index in [9.17, 15) is 19.2 Å². The summed E-state index contributed by atoms with van der Waals surface area (Å²) in [6.45, 7) is 6.91. The van der Waals surface area contributed by atoms with Crippen LogP contribution in [0.5, 0.6) is 0 Å². The van der Waals surface area contributed by atoms with Gasteiger partial charge in [-0.3, -0.25) is 0 Å². The summed E-state index contributed by atoms with van der Waals surface area (Å²) in [5.74, 6) is -3.09.